The molecule has 0 radical (unpaired) electrons. The van der Waals surface area contributed by atoms with Crippen LogP contribution in [-0.2, 0) is 10.5 Å². The number of carbonyl (C=O) groups excluding carboxylic acids is 1. The fourth-order valence-electron chi connectivity index (χ4n) is 2.05. The summed E-state index contributed by atoms with van der Waals surface area (Å²) in [7, 11) is 0. The van der Waals surface area contributed by atoms with E-state index in [-0.39, 0.29) is 23.5 Å². The first-order chi connectivity index (χ1) is 11.7. The van der Waals surface area contributed by atoms with Gasteiger partial charge in [-0.05, 0) is 31.5 Å². The maximum atomic E-state index is 12.1. The van der Waals surface area contributed by atoms with Gasteiger partial charge in [-0.1, -0.05) is 12.1 Å². The van der Waals surface area contributed by atoms with Gasteiger partial charge in [0.05, 0.1) is 22.5 Å². The molecule has 2 aromatic rings. The fourth-order valence-corrected chi connectivity index (χ4v) is 3.49. The zero-order valence-electron chi connectivity index (χ0n) is 13.6. The van der Waals surface area contributed by atoms with Crippen molar-refractivity contribution in [3.05, 3.63) is 45.9 Å². The van der Waals surface area contributed by atoms with Crippen molar-refractivity contribution in [2.24, 2.45) is 0 Å². The Balaban J connectivity index is 1.78. The van der Waals surface area contributed by atoms with Crippen molar-refractivity contribution in [3.8, 4) is 5.75 Å². The number of aryl methyl sites for hydroxylation is 1. The highest BCUT2D eigenvalue weighted by Gasteiger charge is 2.31. The van der Waals surface area contributed by atoms with E-state index in [0.29, 0.717) is 11.3 Å². The van der Waals surface area contributed by atoms with Gasteiger partial charge >= 0.3 is 6.36 Å². The number of rotatable bonds is 7. The molecule has 0 spiro atoms. The quantitative estimate of drug-likeness (QED) is 0.758. The van der Waals surface area contributed by atoms with Crippen LogP contribution in [0.2, 0.25) is 0 Å². The van der Waals surface area contributed by atoms with Crippen LogP contribution in [0, 0.1) is 6.92 Å². The highest BCUT2D eigenvalue weighted by molar-refractivity contribution is 7.99. The number of ether oxygens (including phenoxy) is 1. The van der Waals surface area contributed by atoms with Crippen LogP contribution in [0.3, 0.4) is 0 Å². The summed E-state index contributed by atoms with van der Waals surface area (Å²) in [5, 5.41) is 5.77. The summed E-state index contributed by atoms with van der Waals surface area (Å²) in [6, 6.07) is 5.14. The van der Waals surface area contributed by atoms with E-state index in [1.165, 1.54) is 36.0 Å². The SMILES string of the molecule is Cc1nc(CSCC(=O)NC(C)c2ccc(OC(F)(F)F)cc2)cs1. The van der Waals surface area contributed by atoms with Gasteiger partial charge < -0.3 is 10.1 Å². The number of benzene rings is 1. The molecule has 4 nitrogen and oxygen atoms in total. The molecular weight excluding hydrogens is 373 g/mol. The Labute approximate surface area is 151 Å². The molecule has 0 saturated heterocycles. The summed E-state index contributed by atoms with van der Waals surface area (Å²) >= 11 is 3.03. The molecule has 1 aromatic carbocycles. The second-order valence-corrected chi connectivity index (χ2v) is 7.30. The van der Waals surface area contributed by atoms with Crippen molar-refractivity contribution in [1.82, 2.24) is 10.3 Å². The molecule has 1 N–H and O–H groups in total. The van der Waals surface area contributed by atoms with E-state index in [4.69, 9.17) is 0 Å². The van der Waals surface area contributed by atoms with Gasteiger partial charge in [-0.2, -0.15) is 0 Å². The smallest absolute Gasteiger partial charge is 0.406 e. The molecular formula is C16H17F3N2O2S2. The zero-order chi connectivity index (χ0) is 18.4. The molecule has 2 rings (SSSR count). The maximum absolute atomic E-state index is 12.1. The molecule has 0 aliphatic heterocycles. The molecule has 1 amide bonds. The van der Waals surface area contributed by atoms with Gasteiger partial charge in [-0.15, -0.1) is 36.3 Å². The van der Waals surface area contributed by atoms with Crippen molar-refractivity contribution in [1.29, 1.82) is 0 Å². The summed E-state index contributed by atoms with van der Waals surface area (Å²) in [4.78, 5) is 16.3. The van der Waals surface area contributed by atoms with Crippen LogP contribution in [0.5, 0.6) is 5.75 Å². The minimum absolute atomic E-state index is 0.139. The molecule has 0 aliphatic carbocycles. The Morgan fingerprint density at radius 3 is 2.60 bits per heavy atom. The highest BCUT2D eigenvalue weighted by atomic mass is 32.2. The number of aromatic nitrogens is 1. The number of thiazole rings is 1. The number of alkyl halides is 3. The normalized spacial score (nSPS) is 12.7. The monoisotopic (exact) mass is 390 g/mol. The molecule has 0 aliphatic rings. The molecule has 1 atom stereocenters. The van der Waals surface area contributed by atoms with Gasteiger partial charge in [-0.3, -0.25) is 4.79 Å². The van der Waals surface area contributed by atoms with E-state index in [9.17, 15) is 18.0 Å². The molecule has 9 heteroatoms. The van der Waals surface area contributed by atoms with Gasteiger partial charge in [0.2, 0.25) is 5.91 Å². The van der Waals surface area contributed by atoms with E-state index in [0.717, 1.165) is 10.7 Å². The van der Waals surface area contributed by atoms with Crippen LogP contribution in [0.15, 0.2) is 29.6 Å². The topological polar surface area (TPSA) is 51.2 Å². The van der Waals surface area contributed by atoms with Crippen LogP contribution < -0.4 is 10.1 Å². The third-order valence-electron chi connectivity index (χ3n) is 3.14. The van der Waals surface area contributed by atoms with Crippen LogP contribution >= 0.6 is 23.1 Å². The summed E-state index contributed by atoms with van der Waals surface area (Å²) in [6.45, 7) is 3.70. The highest BCUT2D eigenvalue weighted by Crippen LogP contribution is 2.24. The minimum Gasteiger partial charge on any atom is -0.406 e. The summed E-state index contributed by atoms with van der Waals surface area (Å²) in [5.41, 5.74) is 1.65. The van der Waals surface area contributed by atoms with Gasteiger partial charge in [0.1, 0.15) is 5.75 Å². The van der Waals surface area contributed by atoms with E-state index in [1.54, 1.807) is 18.3 Å². The third kappa shape index (κ3) is 6.95. The van der Waals surface area contributed by atoms with Crippen LogP contribution in [-0.4, -0.2) is 23.0 Å². The van der Waals surface area contributed by atoms with Crippen molar-refractivity contribution in [3.63, 3.8) is 0 Å². The van der Waals surface area contributed by atoms with Gasteiger partial charge in [-0.25, -0.2) is 4.98 Å². The maximum Gasteiger partial charge on any atom is 0.573 e. The number of halogens is 3. The molecule has 0 bridgehead atoms. The second kappa shape index (κ2) is 8.57. The van der Waals surface area contributed by atoms with E-state index >= 15 is 0 Å². The lowest BCUT2D eigenvalue weighted by molar-refractivity contribution is -0.274. The number of nitrogens with zero attached hydrogens (tertiary/aromatic N) is 1. The summed E-state index contributed by atoms with van der Waals surface area (Å²) in [6.07, 6.45) is -4.71. The Kier molecular flexibility index (Phi) is 6.71. The molecule has 0 fully saturated rings. The van der Waals surface area contributed by atoms with Gasteiger partial charge in [0.15, 0.2) is 0 Å². The van der Waals surface area contributed by atoms with E-state index in [1.807, 2.05) is 12.3 Å². The van der Waals surface area contributed by atoms with Crippen molar-refractivity contribution < 1.29 is 22.7 Å². The van der Waals surface area contributed by atoms with E-state index in [2.05, 4.69) is 15.0 Å². The van der Waals surface area contributed by atoms with Crippen LogP contribution in [0.4, 0.5) is 13.2 Å². The molecule has 1 heterocycles. The first-order valence-electron chi connectivity index (χ1n) is 7.37. The first-order valence-corrected chi connectivity index (χ1v) is 9.40. The Morgan fingerprint density at radius 1 is 1.36 bits per heavy atom. The largest absolute Gasteiger partial charge is 0.573 e. The zero-order valence-corrected chi connectivity index (χ0v) is 15.2. The fraction of sp³-hybridized carbons (Fsp3) is 0.375. The number of nitrogens with one attached hydrogen (secondary N) is 1. The first kappa shape index (κ1) is 19.6. The molecule has 136 valence electrons. The lowest BCUT2D eigenvalue weighted by atomic mass is 10.1. The van der Waals surface area contributed by atoms with Crippen molar-refractivity contribution in [2.45, 2.75) is 32.0 Å². The number of hydrogen-bond acceptors (Lipinski definition) is 5. The van der Waals surface area contributed by atoms with Crippen molar-refractivity contribution in [2.75, 3.05) is 5.75 Å². The standard InChI is InChI=1S/C16H17F3N2O2S2/c1-10(12-3-5-14(6-4-12)23-16(17,18)19)20-15(22)9-24-7-13-8-25-11(2)21-13/h3-6,8,10H,7,9H2,1-2H3,(H,20,22). The van der Waals surface area contributed by atoms with Crippen molar-refractivity contribution >= 4 is 29.0 Å². The number of amides is 1. The number of thioether (sulfide) groups is 1. The number of carbonyl (C=O) groups is 1. The average molecular weight is 390 g/mol. The van der Waals surface area contributed by atoms with Gasteiger partial charge in [0, 0.05) is 11.1 Å². The molecule has 1 unspecified atom stereocenters. The minimum atomic E-state index is -4.71. The molecule has 0 saturated carbocycles. The summed E-state index contributed by atoms with van der Waals surface area (Å²) in [5.74, 6) is 0.523. The lowest BCUT2D eigenvalue weighted by Gasteiger charge is -2.15. The second-order valence-electron chi connectivity index (χ2n) is 5.26. The summed E-state index contributed by atoms with van der Waals surface area (Å²) < 4.78 is 40.2. The lowest BCUT2D eigenvalue weighted by Crippen LogP contribution is -2.28. The Bertz CT molecular complexity index is 702. The van der Waals surface area contributed by atoms with Crippen LogP contribution in [0.1, 0.15) is 29.2 Å². The average Bonchev–Trinajstić information content (AvgIpc) is 2.91. The third-order valence-corrected chi connectivity index (χ3v) is 4.93. The Morgan fingerprint density at radius 2 is 2.04 bits per heavy atom. The molecule has 1 aromatic heterocycles. The van der Waals surface area contributed by atoms with E-state index < -0.39 is 6.36 Å². The molecule has 25 heavy (non-hydrogen) atoms. The van der Waals surface area contributed by atoms with Gasteiger partial charge in [0.25, 0.3) is 0 Å². The number of hydrogen-bond donors (Lipinski definition) is 1. The Hall–Kier alpha value is -1.74. The van der Waals surface area contributed by atoms with Crippen LogP contribution in [0.25, 0.3) is 0 Å². The predicted octanol–water partition coefficient (Wildman–Crippen LogP) is 4.46. The predicted molar refractivity (Wildman–Crippen MR) is 92.7 cm³/mol.